The maximum atomic E-state index is 15.2. The number of piperidine rings is 2. The molecule has 61 heavy (non-hydrogen) atoms. The molecule has 5 aromatic rings. The summed E-state index contributed by atoms with van der Waals surface area (Å²) in [6.07, 6.45) is 8.83. The predicted molar refractivity (Wildman–Crippen MR) is 228 cm³/mol. The number of rotatable bonds is 11. The molecule has 0 radical (unpaired) electrons. The van der Waals surface area contributed by atoms with Crippen LogP contribution in [-0.4, -0.2) is 88.9 Å². The number of carbonyl (C=O) groups is 3. The van der Waals surface area contributed by atoms with Crippen LogP contribution in [0, 0.1) is 29.0 Å². The molecular weight excluding hydrogens is 776 g/mol. The number of anilines is 1. The van der Waals surface area contributed by atoms with Crippen LogP contribution in [0.25, 0.3) is 21.8 Å². The molecule has 2 atom stereocenters. The minimum absolute atomic E-state index is 0.0398. The molecule has 1 aliphatic carbocycles. The Morgan fingerprint density at radius 1 is 0.934 bits per heavy atom. The molecule has 316 valence electrons. The van der Waals surface area contributed by atoms with Gasteiger partial charge in [-0.1, -0.05) is 0 Å². The first kappa shape index (κ1) is 40.3. The monoisotopic (exact) mass is 826 g/mol. The molecule has 2 N–H and O–H groups in total. The van der Waals surface area contributed by atoms with Crippen molar-refractivity contribution in [2.75, 3.05) is 44.2 Å². The second-order valence-corrected chi connectivity index (χ2v) is 17.2. The number of halogens is 1. The van der Waals surface area contributed by atoms with Crippen LogP contribution in [0.15, 0.2) is 66.9 Å². The average molecular weight is 827 g/mol. The Kier molecular flexibility index (Phi) is 11.6. The Morgan fingerprint density at radius 2 is 1.72 bits per heavy atom. The Bertz CT molecular complexity index is 2490. The zero-order chi connectivity index (χ0) is 42.0. The lowest BCUT2D eigenvalue weighted by atomic mass is 9.92. The Morgan fingerprint density at radius 3 is 2.49 bits per heavy atom. The van der Waals surface area contributed by atoms with Gasteiger partial charge in [0.25, 0.3) is 5.91 Å². The van der Waals surface area contributed by atoms with Crippen molar-refractivity contribution in [3.05, 3.63) is 89.5 Å². The number of aryl methyl sites for hydroxylation is 1. The van der Waals surface area contributed by atoms with Crippen molar-refractivity contribution in [1.82, 2.24) is 30.3 Å². The van der Waals surface area contributed by atoms with Gasteiger partial charge in [-0.3, -0.25) is 29.4 Å². The number of carbonyl (C=O) groups excluding carboxylic acids is 3. The number of imide groups is 1. The maximum absolute atomic E-state index is 15.2. The third-order valence-corrected chi connectivity index (χ3v) is 13.1. The SMILES string of the molecule is Cn1nc([C@H]2CCC(=O)NC2=O)c2ccc(F)c(OC[C@@H]3CCN(CC4CCN(c5ccc(C(=O)NC6CCC(Oc7ccc(C#N)c8ncccc78)CC6)cc5)CC4)C3)c21. The fraction of sp³-hybridized carbons (Fsp3) is 0.447. The highest BCUT2D eigenvalue weighted by Gasteiger charge is 2.34. The van der Waals surface area contributed by atoms with Crippen molar-refractivity contribution in [3.8, 4) is 17.6 Å². The number of hydrogen-bond donors (Lipinski definition) is 2. The average Bonchev–Trinajstić information content (AvgIpc) is 3.87. The van der Waals surface area contributed by atoms with Crippen LogP contribution in [0.5, 0.6) is 11.5 Å². The summed E-state index contributed by atoms with van der Waals surface area (Å²) in [4.78, 5) is 46.9. The van der Waals surface area contributed by atoms with Gasteiger partial charge in [-0.05, 0) is 124 Å². The van der Waals surface area contributed by atoms with Gasteiger partial charge in [0.2, 0.25) is 11.8 Å². The molecule has 1 saturated carbocycles. The molecule has 0 spiro atoms. The summed E-state index contributed by atoms with van der Waals surface area (Å²) in [6.45, 7) is 5.24. The standard InChI is InChI=1S/C47H51FN8O5/c1-54-44-37(43(53-54)38-14-17-41(57)52-47(38)59)13-15-39(48)45(44)60-28-30-18-22-55(27-30)26-29-19-23-56(24-20-29)34-9-4-31(5-10-34)46(58)51-33-7-11-35(12-8-33)61-40-16-6-32(25-49)42-36(40)3-2-21-50-42/h2-6,9-10,13,15-16,21,29-30,33,35,38H,7-8,11-12,14,17-20,22-24,26-28H2,1H3,(H,51,58)(H,52,57,59)/t30-,33?,35?,38-/m1/s1. The number of nitrogens with zero attached hydrogens (tertiary/aromatic N) is 6. The number of hydrogen-bond acceptors (Lipinski definition) is 10. The van der Waals surface area contributed by atoms with E-state index in [9.17, 15) is 19.6 Å². The third-order valence-electron chi connectivity index (χ3n) is 13.1. The number of ether oxygens (including phenoxy) is 2. The van der Waals surface area contributed by atoms with Gasteiger partial charge in [-0.15, -0.1) is 0 Å². The van der Waals surface area contributed by atoms with Gasteiger partial charge in [0, 0.05) is 79.8 Å². The van der Waals surface area contributed by atoms with Gasteiger partial charge >= 0.3 is 0 Å². The van der Waals surface area contributed by atoms with Crippen LogP contribution in [0.3, 0.4) is 0 Å². The fourth-order valence-corrected chi connectivity index (χ4v) is 9.78. The first-order valence-corrected chi connectivity index (χ1v) is 21.6. The van der Waals surface area contributed by atoms with Crippen LogP contribution in [0.4, 0.5) is 10.1 Å². The number of nitriles is 1. The van der Waals surface area contributed by atoms with E-state index in [4.69, 9.17) is 9.47 Å². The molecule has 5 heterocycles. The molecule has 13 nitrogen and oxygen atoms in total. The van der Waals surface area contributed by atoms with Crippen molar-refractivity contribution in [2.45, 2.75) is 75.9 Å². The number of aromatic nitrogens is 3. The molecule has 3 aromatic carbocycles. The second-order valence-electron chi connectivity index (χ2n) is 17.2. The van der Waals surface area contributed by atoms with E-state index in [-0.39, 0.29) is 48.0 Å². The van der Waals surface area contributed by atoms with Crippen LogP contribution in [0.1, 0.15) is 85.3 Å². The highest BCUT2D eigenvalue weighted by Crippen LogP contribution is 2.37. The van der Waals surface area contributed by atoms with E-state index in [0.29, 0.717) is 52.2 Å². The maximum Gasteiger partial charge on any atom is 0.251 e. The zero-order valence-electron chi connectivity index (χ0n) is 34.4. The molecule has 14 heteroatoms. The summed E-state index contributed by atoms with van der Waals surface area (Å²) in [6, 6.07) is 20.7. The van der Waals surface area contributed by atoms with Gasteiger partial charge in [0.15, 0.2) is 11.6 Å². The Balaban J connectivity index is 0.707. The predicted octanol–water partition coefficient (Wildman–Crippen LogP) is 6.39. The van der Waals surface area contributed by atoms with Crippen LogP contribution in [-0.2, 0) is 16.6 Å². The summed E-state index contributed by atoms with van der Waals surface area (Å²) >= 11 is 0. The van der Waals surface area contributed by atoms with E-state index in [1.54, 1.807) is 30.1 Å². The smallest absolute Gasteiger partial charge is 0.251 e. The quantitative estimate of drug-likeness (QED) is 0.143. The number of benzene rings is 3. The largest absolute Gasteiger partial charge is 0.490 e. The lowest BCUT2D eigenvalue weighted by molar-refractivity contribution is -0.134. The molecular formula is C47H51FN8O5. The van der Waals surface area contributed by atoms with Crippen molar-refractivity contribution in [2.24, 2.45) is 18.9 Å². The summed E-state index contributed by atoms with van der Waals surface area (Å²) in [5.74, 6) is 0.0274. The third kappa shape index (κ3) is 8.61. The number of likely N-dealkylation sites (tertiary alicyclic amines) is 1. The van der Waals surface area contributed by atoms with E-state index in [1.165, 1.54) is 6.07 Å². The van der Waals surface area contributed by atoms with Crippen molar-refractivity contribution >= 4 is 45.2 Å². The number of pyridine rings is 1. The molecule has 0 bridgehead atoms. The van der Waals surface area contributed by atoms with E-state index < -0.39 is 11.7 Å². The van der Waals surface area contributed by atoms with Crippen LogP contribution in [0.2, 0.25) is 0 Å². The van der Waals surface area contributed by atoms with Crippen LogP contribution < -0.4 is 25.0 Å². The van der Waals surface area contributed by atoms with E-state index in [2.05, 4.69) is 48.7 Å². The van der Waals surface area contributed by atoms with Crippen LogP contribution >= 0.6 is 0 Å². The zero-order valence-corrected chi connectivity index (χ0v) is 34.4. The molecule has 2 aromatic heterocycles. The normalized spacial score (nSPS) is 22.6. The number of fused-ring (bicyclic) bond motifs is 2. The number of nitrogens with one attached hydrogen (secondary N) is 2. The first-order chi connectivity index (χ1) is 29.7. The molecule has 3 saturated heterocycles. The Labute approximate surface area is 354 Å². The van der Waals surface area contributed by atoms with Gasteiger partial charge in [0.1, 0.15) is 17.3 Å². The molecule has 4 fully saturated rings. The van der Waals surface area contributed by atoms with Gasteiger partial charge in [0.05, 0.1) is 35.4 Å². The van der Waals surface area contributed by atoms with E-state index in [0.717, 1.165) is 94.5 Å². The highest BCUT2D eigenvalue weighted by molar-refractivity contribution is 6.03. The van der Waals surface area contributed by atoms with Crippen molar-refractivity contribution in [1.29, 1.82) is 5.26 Å². The molecule has 3 amide bonds. The fourth-order valence-electron chi connectivity index (χ4n) is 9.78. The summed E-state index contributed by atoms with van der Waals surface area (Å²) < 4.78 is 29.4. The minimum atomic E-state index is -0.568. The number of amides is 3. The van der Waals surface area contributed by atoms with Gasteiger partial charge in [-0.25, -0.2) is 4.39 Å². The summed E-state index contributed by atoms with van der Waals surface area (Å²) in [5.41, 5.74) is 4.05. The Hall–Kier alpha value is -6.07. The van der Waals surface area contributed by atoms with Crippen molar-refractivity contribution < 1.29 is 28.2 Å². The minimum Gasteiger partial charge on any atom is -0.490 e. The first-order valence-electron chi connectivity index (χ1n) is 21.6. The molecule has 9 rings (SSSR count). The topological polar surface area (TPSA) is 155 Å². The second kappa shape index (κ2) is 17.5. The van der Waals surface area contributed by atoms with Crippen molar-refractivity contribution in [3.63, 3.8) is 0 Å². The lowest BCUT2D eigenvalue weighted by Crippen LogP contribution is -2.40. The highest BCUT2D eigenvalue weighted by atomic mass is 19.1. The van der Waals surface area contributed by atoms with E-state index >= 15 is 4.39 Å². The molecule has 4 aliphatic rings. The van der Waals surface area contributed by atoms with Gasteiger partial charge in [-0.2, -0.15) is 10.4 Å². The van der Waals surface area contributed by atoms with Gasteiger partial charge < -0.3 is 24.6 Å². The molecule has 3 aliphatic heterocycles. The summed E-state index contributed by atoms with van der Waals surface area (Å²) in [7, 11) is 1.73. The lowest BCUT2D eigenvalue weighted by Gasteiger charge is -2.35. The summed E-state index contributed by atoms with van der Waals surface area (Å²) in [5, 5.41) is 21.2. The molecule has 0 unspecified atom stereocenters. The van der Waals surface area contributed by atoms with E-state index in [1.807, 2.05) is 30.3 Å².